The summed E-state index contributed by atoms with van der Waals surface area (Å²) in [5.41, 5.74) is 0. The minimum absolute atomic E-state index is 0.138. The maximum absolute atomic E-state index is 11.2. The number of hydrogen-bond donors (Lipinski definition) is 2. The van der Waals surface area contributed by atoms with Crippen LogP contribution in [0.3, 0.4) is 0 Å². The van der Waals surface area contributed by atoms with Gasteiger partial charge in [-0.15, -0.1) is 22.9 Å². The number of nitrogens with one attached hydrogen (secondary N) is 2. The van der Waals surface area contributed by atoms with Crippen molar-refractivity contribution in [2.45, 2.75) is 13.0 Å². The van der Waals surface area contributed by atoms with Crippen molar-refractivity contribution in [2.75, 3.05) is 5.88 Å². The number of thiophene rings is 1. The van der Waals surface area contributed by atoms with Crippen molar-refractivity contribution >= 4 is 50.8 Å². The smallest absolute Gasteiger partial charge is 0.321 e. The van der Waals surface area contributed by atoms with Crippen LogP contribution in [-0.4, -0.2) is 17.8 Å². The molecule has 0 aliphatic rings. The van der Waals surface area contributed by atoms with E-state index >= 15 is 0 Å². The third-order valence-electron chi connectivity index (χ3n) is 1.63. The Balaban J connectivity index is 2.27. The van der Waals surface area contributed by atoms with E-state index in [-0.39, 0.29) is 18.2 Å². The fourth-order valence-corrected chi connectivity index (χ4v) is 2.53. The summed E-state index contributed by atoms with van der Waals surface area (Å²) in [5, 5.41) is 4.75. The molecule has 0 radical (unpaired) electrons. The van der Waals surface area contributed by atoms with Crippen LogP contribution in [0.25, 0.3) is 0 Å². The molecule has 1 heterocycles. The second kappa shape index (κ2) is 6.88. The molecule has 0 atom stereocenters. The minimum Gasteiger partial charge on any atom is -0.333 e. The zero-order chi connectivity index (χ0) is 12.0. The van der Waals surface area contributed by atoms with E-state index in [4.69, 9.17) is 11.6 Å². The summed E-state index contributed by atoms with van der Waals surface area (Å²) in [6, 6.07) is 3.30. The molecule has 0 bridgehead atoms. The van der Waals surface area contributed by atoms with Gasteiger partial charge in [0.15, 0.2) is 0 Å². The predicted molar refractivity (Wildman–Crippen MR) is 67.7 cm³/mol. The molecule has 4 nitrogen and oxygen atoms in total. The van der Waals surface area contributed by atoms with E-state index in [2.05, 4.69) is 26.6 Å². The van der Waals surface area contributed by atoms with Crippen molar-refractivity contribution in [3.8, 4) is 0 Å². The topological polar surface area (TPSA) is 58.2 Å². The van der Waals surface area contributed by atoms with Crippen molar-refractivity contribution in [3.63, 3.8) is 0 Å². The Labute approximate surface area is 110 Å². The van der Waals surface area contributed by atoms with Gasteiger partial charge < -0.3 is 5.32 Å². The van der Waals surface area contributed by atoms with Gasteiger partial charge in [-0.3, -0.25) is 10.1 Å². The van der Waals surface area contributed by atoms with Gasteiger partial charge in [-0.2, -0.15) is 0 Å². The third kappa shape index (κ3) is 4.96. The lowest BCUT2D eigenvalue weighted by Crippen LogP contribution is -2.38. The van der Waals surface area contributed by atoms with Gasteiger partial charge in [0.05, 0.1) is 10.3 Å². The first-order valence-electron chi connectivity index (χ1n) is 4.49. The maximum atomic E-state index is 11.2. The van der Waals surface area contributed by atoms with Crippen LogP contribution < -0.4 is 10.6 Å². The fraction of sp³-hybridized carbons (Fsp3) is 0.333. The number of carbonyl (C=O) groups excluding carboxylic acids is 2. The van der Waals surface area contributed by atoms with E-state index < -0.39 is 6.03 Å². The zero-order valence-corrected chi connectivity index (χ0v) is 11.4. The fourth-order valence-electron chi connectivity index (χ4n) is 0.933. The lowest BCUT2D eigenvalue weighted by atomic mass is 10.4. The molecule has 0 spiro atoms. The standard InChI is InChI=1S/C9H10BrClN2O2S/c10-7-2-1-6(16-7)5-12-9(15)13-8(14)3-4-11/h1-2H,3-5H2,(H2,12,13,14,15). The van der Waals surface area contributed by atoms with E-state index in [1.165, 1.54) is 11.3 Å². The highest BCUT2D eigenvalue weighted by Crippen LogP contribution is 2.21. The van der Waals surface area contributed by atoms with Crippen LogP contribution in [0.5, 0.6) is 0 Å². The van der Waals surface area contributed by atoms with Crippen LogP contribution in [0.1, 0.15) is 11.3 Å². The van der Waals surface area contributed by atoms with E-state index in [0.717, 1.165) is 8.66 Å². The van der Waals surface area contributed by atoms with Crippen LogP contribution in [-0.2, 0) is 11.3 Å². The molecule has 16 heavy (non-hydrogen) atoms. The number of hydrogen-bond acceptors (Lipinski definition) is 3. The Morgan fingerprint density at radius 3 is 2.75 bits per heavy atom. The summed E-state index contributed by atoms with van der Waals surface area (Å²) in [5.74, 6) is -0.170. The highest BCUT2D eigenvalue weighted by atomic mass is 79.9. The maximum Gasteiger partial charge on any atom is 0.321 e. The summed E-state index contributed by atoms with van der Waals surface area (Å²) in [4.78, 5) is 23.2. The average Bonchev–Trinajstić information content (AvgIpc) is 2.61. The third-order valence-corrected chi connectivity index (χ3v) is 3.44. The molecule has 3 amide bonds. The largest absolute Gasteiger partial charge is 0.333 e. The molecule has 0 unspecified atom stereocenters. The lowest BCUT2D eigenvalue weighted by molar-refractivity contribution is -0.119. The van der Waals surface area contributed by atoms with Crippen LogP contribution in [0.4, 0.5) is 4.79 Å². The van der Waals surface area contributed by atoms with Gasteiger partial charge in [-0.1, -0.05) is 0 Å². The molecule has 0 fully saturated rings. The molecular formula is C9H10BrClN2O2S. The highest BCUT2D eigenvalue weighted by molar-refractivity contribution is 9.11. The van der Waals surface area contributed by atoms with Crippen LogP contribution in [0.2, 0.25) is 0 Å². The molecule has 7 heteroatoms. The van der Waals surface area contributed by atoms with Crippen molar-refractivity contribution < 1.29 is 9.59 Å². The Hall–Kier alpha value is -0.590. The van der Waals surface area contributed by atoms with Crippen molar-refractivity contribution in [1.82, 2.24) is 10.6 Å². The van der Waals surface area contributed by atoms with Gasteiger partial charge >= 0.3 is 6.03 Å². The Bertz CT molecular complexity index is 383. The first kappa shape index (κ1) is 13.5. The monoisotopic (exact) mass is 324 g/mol. The van der Waals surface area contributed by atoms with E-state index in [0.29, 0.717) is 6.54 Å². The number of halogens is 2. The summed E-state index contributed by atoms with van der Waals surface area (Å²) < 4.78 is 1.00. The molecule has 0 saturated carbocycles. The average molecular weight is 326 g/mol. The summed E-state index contributed by atoms with van der Waals surface area (Å²) in [6.07, 6.45) is 0.138. The van der Waals surface area contributed by atoms with Crippen LogP contribution in [0.15, 0.2) is 15.9 Å². The quantitative estimate of drug-likeness (QED) is 0.836. The van der Waals surface area contributed by atoms with Gasteiger partial charge in [0, 0.05) is 17.2 Å². The van der Waals surface area contributed by atoms with Crippen molar-refractivity contribution in [2.24, 2.45) is 0 Å². The molecule has 0 aliphatic carbocycles. The van der Waals surface area contributed by atoms with Crippen LogP contribution in [0, 0.1) is 0 Å². The Morgan fingerprint density at radius 2 is 2.19 bits per heavy atom. The number of imide groups is 1. The molecular weight excluding hydrogens is 316 g/mol. The molecule has 0 aromatic carbocycles. The number of amides is 3. The second-order valence-corrected chi connectivity index (χ2v) is 5.80. The van der Waals surface area contributed by atoms with E-state index in [1.54, 1.807) is 0 Å². The summed E-state index contributed by atoms with van der Waals surface area (Å²) in [6.45, 7) is 0.399. The second-order valence-electron chi connectivity index (χ2n) is 2.88. The highest BCUT2D eigenvalue weighted by Gasteiger charge is 2.06. The molecule has 0 aliphatic heterocycles. The Morgan fingerprint density at radius 1 is 1.44 bits per heavy atom. The minimum atomic E-state index is -0.500. The SMILES string of the molecule is O=C(CCCl)NC(=O)NCc1ccc(Br)s1. The Kier molecular flexibility index (Phi) is 5.79. The van der Waals surface area contributed by atoms with Gasteiger partial charge in [0.2, 0.25) is 5.91 Å². The van der Waals surface area contributed by atoms with Gasteiger partial charge in [0.25, 0.3) is 0 Å². The molecule has 2 N–H and O–H groups in total. The van der Waals surface area contributed by atoms with Gasteiger partial charge in [-0.25, -0.2) is 4.79 Å². The van der Waals surface area contributed by atoms with Crippen LogP contribution >= 0.6 is 38.9 Å². The first-order valence-corrected chi connectivity index (χ1v) is 6.64. The molecule has 1 rings (SSSR count). The predicted octanol–water partition coefficient (Wildman–Crippen LogP) is 2.47. The zero-order valence-electron chi connectivity index (χ0n) is 8.26. The van der Waals surface area contributed by atoms with E-state index in [1.807, 2.05) is 12.1 Å². The number of rotatable bonds is 4. The van der Waals surface area contributed by atoms with Crippen molar-refractivity contribution in [3.05, 3.63) is 20.8 Å². The number of alkyl halides is 1. The lowest BCUT2D eigenvalue weighted by Gasteiger charge is -2.04. The first-order chi connectivity index (χ1) is 7.61. The van der Waals surface area contributed by atoms with Gasteiger partial charge in [-0.05, 0) is 28.1 Å². The summed E-state index contributed by atoms with van der Waals surface area (Å²) >= 11 is 10.2. The van der Waals surface area contributed by atoms with Gasteiger partial charge in [0.1, 0.15) is 0 Å². The van der Waals surface area contributed by atoms with E-state index in [9.17, 15) is 9.59 Å². The normalized spacial score (nSPS) is 9.88. The van der Waals surface area contributed by atoms with Crippen molar-refractivity contribution in [1.29, 1.82) is 0 Å². The molecule has 1 aromatic rings. The number of carbonyl (C=O) groups is 2. The summed E-state index contributed by atoms with van der Waals surface area (Å²) in [7, 11) is 0. The molecule has 1 aromatic heterocycles. The molecule has 88 valence electrons. The molecule has 0 saturated heterocycles. The number of urea groups is 1.